The Morgan fingerprint density at radius 1 is 1.32 bits per heavy atom. The molecule has 120 valence electrons. The van der Waals surface area contributed by atoms with E-state index in [0.29, 0.717) is 0 Å². The van der Waals surface area contributed by atoms with Gasteiger partial charge in [-0.25, -0.2) is 4.79 Å². The van der Waals surface area contributed by atoms with Gasteiger partial charge in [-0.2, -0.15) is 0 Å². The predicted molar refractivity (Wildman–Crippen MR) is 84.0 cm³/mol. The quantitative estimate of drug-likeness (QED) is 0.616. The summed E-state index contributed by atoms with van der Waals surface area (Å²) >= 11 is 0. The molecule has 0 aliphatic carbocycles. The summed E-state index contributed by atoms with van der Waals surface area (Å²) in [4.78, 5) is 13.2. The minimum Gasteiger partial charge on any atom is -0.497 e. The number of morpholine rings is 1. The van der Waals surface area contributed by atoms with Crippen LogP contribution in [0.5, 0.6) is 5.75 Å². The molecule has 1 heterocycles. The van der Waals surface area contributed by atoms with Crippen molar-refractivity contribution < 1.29 is 23.9 Å². The summed E-state index contributed by atoms with van der Waals surface area (Å²) in [6.45, 7) is 6.28. The first-order chi connectivity index (χ1) is 10.7. The molecule has 0 radical (unpaired) electrons. The smallest absolute Gasteiger partial charge is 0.331 e. The minimum atomic E-state index is -0.309. The van der Waals surface area contributed by atoms with Gasteiger partial charge in [-0.15, -0.1) is 0 Å². The molecule has 1 fully saturated rings. The van der Waals surface area contributed by atoms with Gasteiger partial charge in [0, 0.05) is 6.08 Å². The molecule has 2 rings (SSSR count). The average molecular weight is 306 g/mol. The van der Waals surface area contributed by atoms with Gasteiger partial charge < -0.3 is 19.1 Å². The van der Waals surface area contributed by atoms with Gasteiger partial charge in [0.05, 0.1) is 20.3 Å². The highest BCUT2D eigenvalue weighted by atomic mass is 16.5. The normalized spacial score (nSPS) is 17.4. The van der Waals surface area contributed by atoms with E-state index in [1.54, 1.807) is 13.2 Å². The van der Waals surface area contributed by atoms with Crippen LogP contribution in [0.3, 0.4) is 0 Å². The molecule has 1 aromatic carbocycles. The van der Waals surface area contributed by atoms with E-state index in [-0.39, 0.29) is 12.1 Å². The molecule has 5 nitrogen and oxygen atoms in total. The highest BCUT2D eigenvalue weighted by Crippen LogP contribution is 2.12. The second kappa shape index (κ2) is 8.56. The Balaban J connectivity index is 1.76. The molecule has 1 N–H and O–H groups in total. The highest BCUT2D eigenvalue weighted by Gasteiger charge is 2.18. The number of ether oxygens (including phenoxy) is 3. The third-order valence-corrected chi connectivity index (χ3v) is 3.62. The summed E-state index contributed by atoms with van der Waals surface area (Å²) in [6.07, 6.45) is 3.12. The summed E-state index contributed by atoms with van der Waals surface area (Å²) in [5.74, 6) is 0.484. The van der Waals surface area contributed by atoms with Gasteiger partial charge in [0.25, 0.3) is 0 Å². The van der Waals surface area contributed by atoms with Crippen LogP contribution in [0.4, 0.5) is 0 Å². The zero-order chi connectivity index (χ0) is 15.8. The van der Waals surface area contributed by atoms with Crippen LogP contribution < -0.4 is 9.64 Å². The largest absolute Gasteiger partial charge is 0.497 e. The Morgan fingerprint density at radius 3 is 2.64 bits per heavy atom. The summed E-state index contributed by atoms with van der Waals surface area (Å²) in [5, 5.41) is 0. The second-order valence-corrected chi connectivity index (χ2v) is 5.42. The van der Waals surface area contributed by atoms with Crippen LogP contribution in [0.1, 0.15) is 12.5 Å². The van der Waals surface area contributed by atoms with Crippen molar-refractivity contribution in [2.75, 3.05) is 40.0 Å². The van der Waals surface area contributed by atoms with Crippen LogP contribution in [0.15, 0.2) is 30.3 Å². The number of rotatable bonds is 6. The topological polar surface area (TPSA) is 49.2 Å². The van der Waals surface area contributed by atoms with Crippen LogP contribution in [0, 0.1) is 0 Å². The van der Waals surface area contributed by atoms with Gasteiger partial charge in [0.15, 0.2) is 0 Å². The number of quaternary nitrogens is 1. The van der Waals surface area contributed by atoms with Gasteiger partial charge in [0.2, 0.25) is 0 Å². The Labute approximate surface area is 131 Å². The summed E-state index contributed by atoms with van der Waals surface area (Å²) in [7, 11) is 1.63. The number of esters is 1. The average Bonchev–Trinajstić information content (AvgIpc) is 2.54. The standard InChI is InChI=1S/C17H23NO4/c1-14(13-18-9-11-21-12-10-18)22-17(19)8-5-15-3-6-16(20-2)7-4-15/h3-8,14H,9-13H2,1-2H3/p+1/b8-5+/t14-/m0/s1. The number of hydrogen-bond donors (Lipinski definition) is 1. The van der Waals surface area contributed by atoms with Crippen molar-refractivity contribution >= 4 is 12.0 Å². The number of methoxy groups -OCH3 is 1. The Hall–Kier alpha value is -1.85. The zero-order valence-electron chi connectivity index (χ0n) is 13.2. The van der Waals surface area contributed by atoms with Crippen LogP contribution in [0.2, 0.25) is 0 Å². The Kier molecular flexibility index (Phi) is 6.43. The van der Waals surface area contributed by atoms with Crippen molar-refractivity contribution in [1.29, 1.82) is 0 Å². The number of benzene rings is 1. The van der Waals surface area contributed by atoms with Gasteiger partial charge in [0.1, 0.15) is 31.5 Å². The van der Waals surface area contributed by atoms with Gasteiger partial charge >= 0.3 is 5.97 Å². The number of hydrogen-bond acceptors (Lipinski definition) is 4. The first-order valence-electron chi connectivity index (χ1n) is 7.61. The van der Waals surface area contributed by atoms with E-state index in [4.69, 9.17) is 14.2 Å². The first-order valence-corrected chi connectivity index (χ1v) is 7.61. The summed E-state index contributed by atoms with van der Waals surface area (Å²) in [5.41, 5.74) is 0.934. The second-order valence-electron chi connectivity index (χ2n) is 5.42. The van der Waals surface area contributed by atoms with Crippen LogP contribution >= 0.6 is 0 Å². The van der Waals surface area contributed by atoms with Crippen LogP contribution in [-0.2, 0) is 14.3 Å². The fraction of sp³-hybridized carbons (Fsp3) is 0.471. The molecule has 1 aliphatic heterocycles. The lowest BCUT2D eigenvalue weighted by Gasteiger charge is -2.25. The van der Waals surface area contributed by atoms with Crippen molar-refractivity contribution in [3.8, 4) is 5.75 Å². The fourth-order valence-electron chi connectivity index (χ4n) is 2.43. The van der Waals surface area contributed by atoms with E-state index in [1.807, 2.05) is 31.2 Å². The molecular formula is C17H24NO4+. The van der Waals surface area contributed by atoms with Crippen molar-refractivity contribution in [3.05, 3.63) is 35.9 Å². The number of nitrogens with one attached hydrogen (secondary N) is 1. The van der Waals surface area contributed by atoms with Crippen molar-refractivity contribution in [3.63, 3.8) is 0 Å². The molecule has 0 unspecified atom stereocenters. The van der Waals surface area contributed by atoms with Gasteiger partial charge in [-0.1, -0.05) is 12.1 Å². The van der Waals surface area contributed by atoms with Gasteiger partial charge in [-0.05, 0) is 30.7 Å². The molecule has 1 atom stereocenters. The van der Waals surface area contributed by atoms with Crippen molar-refractivity contribution in [2.24, 2.45) is 0 Å². The molecule has 0 spiro atoms. The minimum absolute atomic E-state index is 0.0962. The lowest BCUT2D eigenvalue weighted by atomic mass is 10.2. The summed E-state index contributed by atoms with van der Waals surface area (Å²) in [6, 6.07) is 7.50. The molecular weight excluding hydrogens is 282 g/mol. The SMILES string of the molecule is COc1ccc(/C=C/C(=O)O[C@@H](C)C[NH+]2CCOCC2)cc1. The lowest BCUT2D eigenvalue weighted by Crippen LogP contribution is -3.15. The fourth-order valence-corrected chi connectivity index (χ4v) is 2.43. The van der Waals surface area contributed by atoms with Crippen molar-refractivity contribution in [2.45, 2.75) is 13.0 Å². The maximum Gasteiger partial charge on any atom is 0.331 e. The van der Waals surface area contributed by atoms with E-state index in [9.17, 15) is 4.79 Å². The molecule has 1 saturated heterocycles. The molecule has 0 saturated carbocycles. The predicted octanol–water partition coefficient (Wildman–Crippen LogP) is 0.555. The molecule has 1 aromatic rings. The maximum atomic E-state index is 11.8. The molecule has 5 heteroatoms. The van der Waals surface area contributed by atoms with Gasteiger partial charge in [-0.3, -0.25) is 0 Å². The molecule has 0 amide bonds. The Bertz CT molecular complexity index is 492. The van der Waals surface area contributed by atoms with E-state index < -0.39 is 0 Å². The molecule has 0 bridgehead atoms. The molecule has 0 aromatic heterocycles. The molecule has 22 heavy (non-hydrogen) atoms. The van der Waals surface area contributed by atoms with E-state index in [1.165, 1.54) is 11.0 Å². The summed E-state index contributed by atoms with van der Waals surface area (Å²) < 4.78 is 15.8. The number of carbonyl (C=O) groups is 1. The molecule has 1 aliphatic rings. The maximum absolute atomic E-state index is 11.8. The van der Waals surface area contributed by atoms with E-state index >= 15 is 0 Å². The van der Waals surface area contributed by atoms with Crippen LogP contribution in [0.25, 0.3) is 6.08 Å². The lowest BCUT2D eigenvalue weighted by molar-refractivity contribution is -0.910. The third kappa shape index (κ3) is 5.50. The highest BCUT2D eigenvalue weighted by molar-refractivity contribution is 5.87. The Morgan fingerprint density at radius 2 is 2.00 bits per heavy atom. The van der Waals surface area contributed by atoms with E-state index in [2.05, 4.69) is 0 Å². The third-order valence-electron chi connectivity index (χ3n) is 3.62. The van der Waals surface area contributed by atoms with Crippen LogP contribution in [-0.4, -0.2) is 52.0 Å². The number of carbonyl (C=O) groups excluding carboxylic acids is 1. The van der Waals surface area contributed by atoms with Crippen molar-refractivity contribution in [1.82, 2.24) is 0 Å². The van der Waals surface area contributed by atoms with E-state index in [0.717, 1.165) is 44.2 Å². The monoisotopic (exact) mass is 306 g/mol. The first kappa shape index (κ1) is 16.5. The zero-order valence-corrected chi connectivity index (χ0v) is 13.2.